The van der Waals surface area contributed by atoms with Gasteiger partial charge in [0.15, 0.2) is 0 Å². The van der Waals surface area contributed by atoms with E-state index in [9.17, 15) is 18.0 Å². The molecule has 0 unspecified atom stereocenters. The van der Waals surface area contributed by atoms with Crippen LogP contribution in [-0.2, 0) is 31.7 Å². The van der Waals surface area contributed by atoms with Gasteiger partial charge in [0.1, 0.15) is 11.3 Å². The van der Waals surface area contributed by atoms with Crippen molar-refractivity contribution in [1.29, 1.82) is 0 Å². The van der Waals surface area contributed by atoms with Crippen molar-refractivity contribution in [3.05, 3.63) is 61.1 Å². The van der Waals surface area contributed by atoms with Crippen LogP contribution in [0.15, 0.2) is 35.1 Å². The van der Waals surface area contributed by atoms with E-state index in [2.05, 4.69) is 32.3 Å². The lowest BCUT2D eigenvalue weighted by atomic mass is 10.1. The second-order valence-electron chi connectivity index (χ2n) is 7.40. The average Bonchev–Trinajstić information content (AvgIpc) is 2.51. The highest BCUT2D eigenvalue weighted by atomic mass is 127. The normalized spacial score (nSPS) is 11.9. The predicted octanol–water partition coefficient (Wildman–Crippen LogP) is 3.11. The van der Waals surface area contributed by atoms with E-state index in [1.54, 1.807) is 52.0 Å². The molecule has 0 amide bonds. The molecule has 0 aliphatic heterocycles. The van der Waals surface area contributed by atoms with Crippen molar-refractivity contribution in [2.75, 3.05) is 4.72 Å². The highest BCUT2D eigenvalue weighted by molar-refractivity contribution is 14.1. The van der Waals surface area contributed by atoms with Crippen LogP contribution in [-0.4, -0.2) is 25.0 Å². The van der Waals surface area contributed by atoms with Crippen LogP contribution in [0.25, 0.3) is 0 Å². The highest BCUT2D eigenvalue weighted by Crippen LogP contribution is 2.19. The number of halogens is 1. The summed E-state index contributed by atoms with van der Waals surface area (Å²) in [5.41, 5.74) is -0.0529. The summed E-state index contributed by atoms with van der Waals surface area (Å²) in [6.07, 6.45) is -0.219. The molecule has 7 nitrogen and oxygen atoms in total. The molecule has 2 aromatic rings. The number of aromatic amines is 1. The zero-order valence-corrected chi connectivity index (χ0v) is 19.1. The first kappa shape index (κ1) is 22.4. The number of anilines is 1. The number of H-pyrrole nitrogens is 1. The minimum Gasteiger partial charge on any atom is -0.460 e. The van der Waals surface area contributed by atoms with Crippen LogP contribution >= 0.6 is 22.6 Å². The SMILES string of the molecule is Cc1cc(CC(=O)OC(C)(C)C)c(NS(=O)(=O)Cc2ccccc2I)c(=O)[nH]1. The molecule has 2 rings (SSSR count). The van der Waals surface area contributed by atoms with E-state index < -0.39 is 27.2 Å². The fourth-order valence-corrected chi connectivity index (χ4v) is 4.66. The van der Waals surface area contributed by atoms with E-state index in [-0.39, 0.29) is 23.4 Å². The summed E-state index contributed by atoms with van der Waals surface area (Å²) in [4.78, 5) is 27.1. The number of carbonyl (C=O) groups excluding carboxylic acids is 1. The molecule has 0 saturated carbocycles. The maximum absolute atomic E-state index is 12.6. The van der Waals surface area contributed by atoms with E-state index >= 15 is 0 Å². The predicted molar refractivity (Wildman–Crippen MR) is 117 cm³/mol. The summed E-state index contributed by atoms with van der Waals surface area (Å²) in [5, 5.41) is 0. The molecule has 9 heteroatoms. The smallest absolute Gasteiger partial charge is 0.310 e. The first-order valence-corrected chi connectivity index (χ1v) is 11.3. The minimum absolute atomic E-state index is 0.164. The van der Waals surface area contributed by atoms with Gasteiger partial charge in [-0.15, -0.1) is 0 Å². The second-order valence-corrected chi connectivity index (χ2v) is 10.3. The number of aryl methyl sites for hydroxylation is 1. The minimum atomic E-state index is -3.87. The highest BCUT2D eigenvalue weighted by Gasteiger charge is 2.22. The number of benzene rings is 1. The quantitative estimate of drug-likeness (QED) is 0.452. The zero-order chi connectivity index (χ0) is 21.1. The maximum Gasteiger partial charge on any atom is 0.310 e. The van der Waals surface area contributed by atoms with Gasteiger partial charge in [-0.25, -0.2) is 8.42 Å². The van der Waals surface area contributed by atoms with E-state index in [0.29, 0.717) is 11.3 Å². The van der Waals surface area contributed by atoms with Crippen molar-refractivity contribution in [2.45, 2.75) is 45.5 Å². The number of sulfonamides is 1. The van der Waals surface area contributed by atoms with Crippen LogP contribution in [0.2, 0.25) is 0 Å². The molecule has 0 fully saturated rings. The van der Waals surface area contributed by atoms with Gasteiger partial charge in [0.2, 0.25) is 10.0 Å². The van der Waals surface area contributed by atoms with E-state index in [1.165, 1.54) is 0 Å². The first-order chi connectivity index (χ1) is 12.9. The lowest BCUT2D eigenvalue weighted by Crippen LogP contribution is -2.27. The topological polar surface area (TPSA) is 105 Å². The molecule has 0 atom stereocenters. The summed E-state index contributed by atoms with van der Waals surface area (Å²) >= 11 is 2.06. The number of esters is 1. The van der Waals surface area contributed by atoms with Crippen LogP contribution < -0.4 is 10.3 Å². The third-order valence-corrected chi connectivity index (χ3v) is 5.82. The van der Waals surface area contributed by atoms with Crippen LogP contribution in [0, 0.1) is 10.5 Å². The number of rotatable bonds is 6. The fourth-order valence-electron chi connectivity index (χ4n) is 2.55. The Morgan fingerprint density at radius 2 is 1.86 bits per heavy atom. The molecule has 0 aliphatic rings. The van der Waals surface area contributed by atoms with Gasteiger partial charge in [0.05, 0.1) is 12.2 Å². The van der Waals surface area contributed by atoms with Gasteiger partial charge in [0.25, 0.3) is 5.56 Å². The monoisotopic (exact) mass is 518 g/mol. The molecule has 1 heterocycles. The summed E-state index contributed by atoms with van der Waals surface area (Å²) in [5.74, 6) is -0.832. The Morgan fingerprint density at radius 1 is 1.21 bits per heavy atom. The Hall–Kier alpha value is -1.88. The number of hydrogen-bond acceptors (Lipinski definition) is 5. The zero-order valence-electron chi connectivity index (χ0n) is 16.1. The van der Waals surface area contributed by atoms with Gasteiger partial charge < -0.3 is 9.72 Å². The van der Waals surface area contributed by atoms with Crippen LogP contribution in [0.1, 0.15) is 37.6 Å². The van der Waals surface area contributed by atoms with Crippen molar-refractivity contribution in [2.24, 2.45) is 0 Å². The molecule has 0 saturated heterocycles. The number of nitrogens with one attached hydrogen (secondary N) is 2. The summed E-state index contributed by atoms with van der Waals surface area (Å²) < 4.78 is 33.7. The number of pyridine rings is 1. The molecular weight excluding hydrogens is 495 g/mol. The number of ether oxygens (including phenoxy) is 1. The van der Waals surface area contributed by atoms with Gasteiger partial charge >= 0.3 is 5.97 Å². The van der Waals surface area contributed by atoms with Crippen molar-refractivity contribution < 1.29 is 17.9 Å². The molecule has 2 N–H and O–H groups in total. The fraction of sp³-hybridized carbons (Fsp3) is 0.368. The van der Waals surface area contributed by atoms with Crippen LogP contribution in [0.3, 0.4) is 0 Å². The van der Waals surface area contributed by atoms with Crippen LogP contribution in [0.4, 0.5) is 5.69 Å². The Morgan fingerprint density at radius 3 is 2.46 bits per heavy atom. The summed E-state index contributed by atoms with van der Waals surface area (Å²) in [6.45, 7) is 6.86. The van der Waals surface area contributed by atoms with Gasteiger partial charge in [-0.2, -0.15) is 0 Å². The molecule has 0 spiro atoms. The molecule has 1 aromatic carbocycles. The van der Waals surface area contributed by atoms with E-state index in [4.69, 9.17) is 4.74 Å². The molecular formula is C19H23IN2O5S. The standard InChI is InChI=1S/C19H23IN2O5S/c1-12-9-14(10-16(23)27-19(2,3)4)17(18(24)21-12)22-28(25,26)11-13-7-5-6-8-15(13)20/h5-9,22H,10-11H2,1-4H3,(H,21,24). The molecule has 28 heavy (non-hydrogen) atoms. The number of carbonyl (C=O) groups is 1. The molecule has 0 radical (unpaired) electrons. The lowest BCUT2D eigenvalue weighted by Gasteiger charge is -2.20. The molecule has 152 valence electrons. The Labute approximate surface area is 178 Å². The van der Waals surface area contributed by atoms with Crippen molar-refractivity contribution in [1.82, 2.24) is 4.98 Å². The van der Waals surface area contributed by atoms with Crippen molar-refractivity contribution in [3.8, 4) is 0 Å². The third kappa shape index (κ3) is 6.62. The molecule has 0 aliphatic carbocycles. The maximum atomic E-state index is 12.6. The van der Waals surface area contributed by atoms with E-state index in [1.807, 2.05) is 6.07 Å². The Balaban J connectivity index is 2.33. The van der Waals surface area contributed by atoms with Crippen molar-refractivity contribution >= 4 is 44.3 Å². The molecule has 0 bridgehead atoms. The lowest BCUT2D eigenvalue weighted by molar-refractivity contribution is -0.153. The van der Waals surface area contributed by atoms with Gasteiger partial charge in [-0.1, -0.05) is 18.2 Å². The van der Waals surface area contributed by atoms with E-state index in [0.717, 1.165) is 3.57 Å². The third-order valence-electron chi connectivity index (χ3n) is 3.57. The summed E-state index contributed by atoms with van der Waals surface area (Å²) in [6, 6.07) is 8.64. The van der Waals surface area contributed by atoms with Gasteiger partial charge in [-0.05, 0) is 73.5 Å². The second kappa shape index (κ2) is 8.64. The molecule has 1 aromatic heterocycles. The number of aromatic nitrogens is 1. The van der Waals surface area contributed by atoms with Crippen molar-refractivity contribution in [3.63, 3.8) is 0 Å². The Kier molecular flexibility index (Phi) is 6.92. The first-order valence-electron chi connectivity index (χ1n) is 8.55. The van der Waals surface area contributed by atoms with Gasteiger partial charge in [0, 0.05) is 9.26 Å². The number of hydrogen-bond donors (Lipinski definition) is 2. The van der Waals surface area contributed by atoms with Gasteiger partial charge in [-0.3, -0.25) is 14.3 Å². The summed E-state index contributed by atoms with van der Waals surface area (Å²) in [7, 11) is -3.87. The Bertz CT molecular complexity index is 1040. The average molecular weight is 518 g/mol. The van der Waals surface area contributed by atoms with Crippen LogP contribution in [0.5, 0.6) is 0 Å². The largest absolute Gasteiger partial charge is 0.460 e.